The molecule has 0 unspecified atom stereocenters. The zero-order valence-corrected chi connectivity index (χ0v) is 15.5. The van der Waals surface area contributed by atoms with Crippen molar-refractivity contribution < 1.29 is 14.4 Å². The number of oxime groups is 1. The summed E-state index contributed by atoms with van der Waals surface area (Å²) in [4.78, 5) is 33.7. The van der Waals surface area contributed by atoms with E-state index in [1.165, 1.54) is 10.5 Å². The van der Waals surface area contributed by atoms with E-state index in [0.29, 0.717) is 5.69 Å². The molecular weight excluding hydrogens is 352 g/mol. The van der Waals surface area contributed by atoms with Crippen LogP contribution in [0.3, 0.4) is 0 Å². The van der Waals surface area contributed by atoms with Crippen molar-refractivity contribution in [1.29, 1.82) is 0 Å². The number of carbonyl (C=O) groups is 2. The van der Waals surface area contributed by atoms with Crippen LogP contribution in [-0.4, -0.2) is 23.6 Å². The molecule has 2 heterocycles. The van der Waals surface area contributed by atoms with E-state index in [1.807, 2.05) is 30.3 Å². The fourth-order valence-corrected chi connectivity index (χ4v) is 5.92. The van der Waals surface area contributed by atoms with Crippen molar-refractivity contribution in [1.82, 2.24) is 0 Å². The minimum atomic E-state index is -0.272. The number of hydrogen-bond donors (Lipinski definition) is 0. The molecule has 2 bridgehead atoms. The van der Waals surface area contributed by atoms with E-state index in [9.17, 15) is 9.59 Å². The average molecular weight is 372 g/mol. The van der Waals surface area contributed by atoms with Gasteiger partial charge < -0.3 is 4.84 Å². The van der Waals surface area contributed by atoms with Gasteiger partial charge in [-0.05, 0) is 37.0 Å². The smallest absolute Gasteiger partial charge is 0.238 e. The van der Waals surface area contributed by atoms with Crippen LogP contribution in [0.5, 0.6) is 0 Å². The zero-order chi connectivity index (χ0) is 19.0. The lowest BCUT2D eigenvalue weighted by Gasteiger charge is -2.29. The molecule has 0 radical (unpaired) electrons. The molecule has 5 nitrogen and oxygen atoms in total. The van der Waals surface area contributed by atoms with Gasteiger partial charge in [0.2, 0.25) is 11.8 Å². The number of benzene rings is 2. The first-order valence-electron chi connectivity index (χ1n) is 9.89. The van der Waals surface area contributed by atoms with Gasteiger partial charge in [-0.25, -0.2) is 0 Å². The highest BCUT2D eigenvalue weighted by Crippen LogP contribution is 2.61. The molecule has 2 aromatic carbocycles. The van der Waals surface area contributed by atoms with Crippen molar-refractivity contribution in [2.24, 2.45) is 34.7 Å². The molecule has 2 aromatic rings. The number of hydrogen-bond acceptors (Lipinski definition) is 4. The Labute approximate surface area is 163 Å². The van der Waals surface area contributed by atoms with Crippen LogP contribution < -0.4 is 4.90 Å². The first-order chi connectivity index (χ1) is 13.6. The number of carbonyl (C=O) groups excluding carboxylic acids is 2. The predicted octanol–water partition coefficient (Wildman–Crippen LogP) is 3.17. The van der Waals surface area contributed by atoms with Gasteiger partial charge in [-0.3, -0.25) is 14.5 Å². The van der Waals surface area contributed by atoms with E-state index in [2.05, 4.69) is 36.3 Å². The lowest BCUT2D eigenvalue weighted by Crippen LogP contribution is -2.41. The van der Waals surface area contributed by atoms with Gasteiger partial charge in [-0.2, -0.15) is 0 Å². The van der Waals surface area contributed by atoms with E-state index in [1.54, 1.807) is 0 Å². The normalized spacial score (nSPS) is 35.0. The standard InChI is InChI=1S/C23H20N2O3/c1-12-7-9-13(10-8-12)20-19-15-11-16(21(19)28-24-20)18-17(15)22(26)25(23(18)27)14-5-3-2-4-6-14/h2-10,15-19,21H,11H2,1H3/t15-,16-,17-,18-,19+,21-/m1/s1. The molecule has 1 saturated heterocycles. The van der Waals surface area contributed by atoms with Crippen LogP contribution in [0.25, 0.3) is 0 Å². The molecule has 2 aliphatic carbocycles. The summed E-state index contributed by atoms with van der Waals surface area (Å²) in [5.74, 6) is -0.365. The summed E-state index contributed by atoms with van der Waals surface area (Å²) >= 11 is 0. The van der Waals surface area contributed by atoms with Gasteiger partial charge >= 0.3 is 0 Å². The number of rotatable bonds is 2. The average Bonchev–Trinajstić information content (AvgIpc) is 3.44. The maximum absolute atomic E-state index is 13.3. The lowest BCUT2D eigenvalue weighted by molar-refractivity contribution is -0.125. The lowest BCUT2D eigenvalue weighted by atomic mass is 9.71. The zero-order valence-electron chi connectivity index (χ0n) is 15.5. The molecule has 0 aromatic heterocycles. The second kappa shape index (κ2) is 5.53. The summed E-state index contributed by atoms with van der Waals surface area (Å²) in [6.45, 7) is 2.06. The molecule has 3 fully saturated rings. The van der Waals surface area contributed by atoms with Gasteiger partial charge in [0.25, 0.3) is 0 Å². The first-order valence-corrected chi connectivity index (χ1v) is 9.89. The number of para-hydroxylation sites is 1. The van der Waals surface area contributed by atoms with Crippen molar-refractivity contribution in [2.45, 2.75) is 19.4 Å². The third-order valence-corrected chi connectivity index (χ3v) is 7.05. The van der Waals surface area contributed by atoms with E-state index in [4.69, 9.17) is 4.84 Å². The fraction of sp³-hybridized carbons (Fsp3) is 0.348. The minimum Gasteiger partial charge on any atom is -0.391 e. The van der Waals surface area contributed by atoms with Gasteiger partial charge in [0, 0.05) is 11.8 Å². The Hall–Kier alpha value is -2.95. The Morgan fingerprint density at radius 3 is 2.29 bits per heavy atom. The van der Waals surface area contributed by atoms with E-state index in [-0.39, 0.29) is 47.5 Å². The predicted molar refractivity (Wildman–Crippen MR) is 104 cm³/mol. The number of aryl methyl sites for hydroxylation is 1. The van der Waals surface area contributed by atoms with Crippen LogP contribution in [0.1, 0.15) is 17.5 Å². The Balaban J connectivity index is 1.36. The SMILES string of the molecule is Cc1ccc(C2=NO[C@@H]3[C@@H]4C[C@@H]([C@@H]23)[C@H]2C(=O)N(c3ccccc3)C(=O)[C@H]42)cc1. The number of amides is 2. The molecule has 2 amide bonds. The van der Waals surface area contributed by atoms with Gasteiger partial charge in [-0.15, -0.1) is 0 Å². The Kier molecular flexibility index (Phi) is 3.17. The highest BCUT2D eigenvalue weighted by atomic mass is 16.6. The third kappa shape index (κ3) is 1.94. The van der Waals surface area contributed by atoms with E-state index < -0.39 is 0 Å². The number of anilines is 1. The Morgan fingerprint density at radius 1 is 0.893 bits per heavy atom. The first kappa shape index (κ1) is 16.0. The van der Waals surface area contributed by atoms with Crippen LogP contribution in [0.2, 0.25) is 0 Å². The highest BCUT2D eigenvalue weighted by molar-refractivity contribution is 6.23. The molecule has 2 aliphatic heterocycles. The minimum absolute atomic E-state index is 0.0534. The molecular formula is C23H20N2O3. The second-order valence-corrected chi connectivity index (χ2v) is 8.40. The van der Waals surface area contributed by atoms with Gasteiger partial charge in [-0.1, -0.05) is 53.2 Å². The molecule has 140 valence electrons. The molecule has 0 spiro atoms. The summed E-state index contributed by atoms with van der Waals surface area (Å²) < 4.78 is 0. The van der Waals surface area contributed by atoms with Crippen LogP contribution in [0.15, 0.2) is 59.8 Å². The van der Waals surface area contributed by atoms with Crippen LogP contribution in [-0.2, 0) is 14.4 Å². The van der Waals surface area contributed by atoms with Crippen molar-refractivity contribution >= 4 is 23.2 Å². The van der Waals surface area contributed by atoms with Crippen molar-refractivity contribution in [3.05, 3.63) is 65.7 Å². The number of fused-ring (bicyclic) bond motifs is 8. The van der Waals surface area contributed by atoms with Crippen LogP contribution in [0.4, 0.5) is 5.69 Å². The summed E-state index contributed by atoms with van der Waals surface area (Å²) in [7, 11) is 0. The Bertz CT molecular complexity index is 1010. The van der Waals surface area contributed by atoms with Gasteiger partial charge in [0.05, 0.1) is 23.2 Å². The number of imide groups is 1. The Morgan fingerprint density at radius 2 is 1.57 bits per heavy atom. The third-order valence-electron chi connectivity index (χ3n) is 7.05. The van der Waals surface area contributed by atoms with E-state index >= 15 is 0 Å². The van der Waals surface area contributed by atoms with Gasteiger partial charge in [0.1, 0.15) is 6.10 Å². The monoisotopic (exact) mass is 372 g/mol. The molecule has 28 heavy (non-hydrogen) atoms. The summed E-state index contributed by atoms with van der Waals surface area (Å²) in [5, 5.41) is 4.40. The highest BCUT2D eigenvalue weighted by Gasteiger charge is 2.70. The molecule has 4 aliphatic rings. The molecule has 2 saturated carbocycles. The van der Waals surface area contributed by atoms with Crippen molar-refractivity contribution in [3.8, 4) is 0 Å². The van der Waals surface area contributed by atoms with Crippen LogP contribution >= 0.6 is 0 Å². The fourth-order valence-electron chi connectivity index (χ4n) is 5.92. The molecule has 0 N–H and O–H groups in total. The van der Waals surface area contributed by atoms with Crippen LogP contribution in [0, 0.1) is 36.5 Å². The maximum Gasteiger partial charge on any atom is 0.238 e. The summed E-state index contributed by atoms with van der Waals surface area (Å²) in [6.07, 6.45) is 0.783. The van der Waals surface area contributed by atoms with Crippen molar-refractivity contribution in [3.63, 3.8) is 0 Å². The second-order valence-electron chi connectivity index (χ2n) is 8.40. The largest absolute Gasteiger partial charge is 0.391 e. The summed E-state index contributed by atoms with van der Waals surface area (Å²) in [5.41, 5.74) is 3.86. The summed E-state index contributed by atoms with van der Waals surface area (Å²) in [6, 6.07) is 17.6. The topological polar surface area (TPSA) is 59.0 Å². The van der Waals surface area contributed by atoms with E-state index in [0.717, 1.165) is 17.7 Å². The maximum atomic E-state index is 13.3. The quantitative estimate of drug-likeness (QED) is 0.761. The van der Waals surface area contributed by atoms with Crippen molar-refractivity contribution in [2.75, 3.05) is 4.90 Å². The molecule has 6 rings (SSSR count). The number of nitrogens with zero attached hydrogens (tertiary/aromatic N) is 2. The molecule has 6 atom stereocenters. The van der Waals surface area contributed by atoms with Gasteiger partial charge in [0.15, 0.2) is 0 Å². The molecule has 5 heteroatoms.